The summed E-state index contributed by atoms with van der Waals surface area (Å²) in [5, 5.41) is 2.66. The number of esters is 1. The van der Waals surface area contributed by atoms with Crippen LogP contribution in [0.2, 0.25) is 0 Å². The fourth-order valence-electron chi connectivity index (χ4n) is 3.31. The van der Waals surface area contributed by atoms with Crippen LogP contribution in [0.1, 0.15) is 23.6 Å². The van der Waals surface area contributed by atoms with Gasteiger partial charge in [-0.3, -0.25) is 14.5 Å². The van der Waals surface area contributed by atoms with Gasteiger partial charge in [0.15, 0.2) is 0 Å². The zero-order valence-corrected chi connectivity index (χ0v) is 16.7. The van der Waals surface area contributed by atoms with E-state index in [1.54, 1.807) is 31.2 Å². The number of carbonyl (C=O) groups excluding carboxylic acids is 3. The number of rotatable bonds is 7. The topological polar surface area (TPSA) is 84.9 Å². The average Bonchev–Trinajstić information content (AvgIpc) is 2.89. The summed E-state index contributed by atoms with van der Waals surface area (Å²) in [4.78, 5) is 38.0. The first-order valence-electron chi connectivity index (χ1n) is 9.36. The minimum absolute atomic E-state index is 0.0193. The third-order valence-electron chi connectivity index (χ3n) is 4.72. The van der Waals surface area contributed by atoms with Crippen molar-refractivity contribution in [3.05, 3.63) is 65.2 Å². The fourth-order valence-corrected chi connectivity index (χ4v) is 3.31. The molecule has 0 radical (unpaired) electrons. The third kappa shape index (κ3) is 4.56. The molecule has 3 rings (SSSR count). The van der Waals surface area contributed by atoms with Crippen LogP contribution in [0.25, 0.3) is 0 Å². The molecule has 1 aliphatic rings. The van der Waals surface area contributed by atoms with Crippen molar-refractivity contribution in [2.24, 2.45) is 0 Å². The zero-order valence-electron chi connectivity index (χ0n) is 16.7. The lowest BCUT2D eigenvalue weighted by molar-refractivity contribution is -0.148. The van der Waals surface area contributed by atoms with Crippen LogP contribution in [-0.4, -0.2) is 42.6 Å². The van der Waals surface area contributed by atoms with E-state index < -0.39 is 30.0 Å². The molecule has 152 valence electrons. The van der Waals surface area contributed by atoms with E-state index in [0.717, 1.165) is 16.0 Å². The molecule has 0 spiro atoms. The van der Waals surface area contributed by atoms with Crippen LogP contribution in [-0.2, 0) is 19.9 Å². The predicted octanol–water partition coefficient (Wildman–Crippen LogP) is 2.69. The number of urea groups is 1. The second-order valence-electron chi connectivity index (χ2n) is 7.20. The molecule has 3 amide bonds. The van der Waals surface area contributed by atoms with Crippen LogP contribution in [0.15, 0.2) is 48.5 Å². The maximum absolute atomic E-state index is 12.8. The lowest BCUT2D eigenvalue weighted by Gasteiger charge is -2.21. The first kappa shape index (κ1) is 20.4. The van der Waals surface area contributed by atoms with E-state index in [2.05, 4.69) is 5.32 Å². The van der Waals surface area contributed by atoms with E-state index in [0.29, 0.717) is 11.3 Å². The minimum atomic E-state index is -1.20. The van der Waals surface area contributed by atoms with E-state index in [9.17, 15) is 14.4 Å². The number of hydrogen-bond acceptors (Lipinski definition) is 5. The number of amides is 3. The van der Waals surface area contributed by atoms with Gasteiger partial charge in [-0.2, -0.15) is 0 Å². The smallest absolute Gasteiger partial charge is 0.326 e. The first-order chi connectivity index (χ1) is 13.8. The van der Waals surface area contributed by atoms with Gasteiger partial charge < -0.3 is 14.8 Å². The summed E-state index contributed by atoms with van der Waals surface area (Å²) in [6.45, 7) is 5.31. The van der Waals surface area contributed by atoms with E-state index >= 15 is 0 Å². The Morgan fingerprint density at radius 2 is 1.69 bits per heavy atom. The third-order valence-corrected chi connectivity index (χ3v) is 4.72. The Hall–Kier alpha value is -3.35. The SMILES string of the molecule is Cc1cc(C)cc(OCCOC(=O)CN2C(=O)N[C@@](C)(c3ccccc3)C2=O)c1. The van der Waals surface area contributed by atoms with Crippen LogP contribution < -0.4 is 10.1 Å². The lowest BCUT2D eigenvalue weighted by atomic mass is 9.92. The second-order valence-corrected chi connectivity index (χ2v) is 7.20. The standard InChI is InChI=1S/C22H24N2O5/c1-15-11-16(2)13-18(12-15)28-9-10-29-19(25)14-24-20(26)22(3,23-21(24)27)17-7-5-4-6-8-17/h4-8,11-13H,9-10,14H2,1-3H3,(H,23,27)/t22-/m0/s1. The molecule has 7 nitrogen and oxygen atoms in total. The van der Waals surface area contributed by atoms with E-state index in [-0.39, 0.29) is 13.2 Å². The highest BCUT2D eigenvalue weighted by atomic mass is 16.6. The number of nitrogens with zero attached hydrogens (tertiary/aromatic N) is 1. The summed E-state index contributed by atoms with van der Waals surface area (Å²) >= 11 is 0. The summed E-state index contributed by atoms with van der Waals surface area (Å²) in [6, 6.07) is 14.1. The highest BCUT2D eigenvalue weighted by Gasteiger charge is 2.49. The molecule has 7 heteroatoms. The summed E-state index contributed by atoms with van der Waals surface area (Å²) in [5.74, 6) is -0.460. The zero-order chi connectivity index (χ0) is 21.0. The van der Waals surface area contributed by atoms with Crippen LogP contribution in [0.4, 0.5) is 4.79 Å². The Kier molecular flexibility index (Phi) is 5.87. The average molecular weight is 396 g/mol. The predicted molar refractivity (Wildman–Crippen MR) is 106 cm³/mol. The van der Waals surface area contributed by atoms with Crippen LogP contribution >= 0.6 is 0 Å². The fraction of sp³-hybridized carbons (Fsp3) is 0.318. The highest BCUT2D eigenvalue weighted by molar-refractivity contribution is 6.08. The van der Waals surface area contributed by atoms with Crippen LogP contribution in [0.3, 0.4) is 0 Å². The normalized spacial score (nSPS) is 18.5. The molecule has 2 aromatic carbocycles. The number of carbonyl (C=O) groups is 3. The van der Waals surface area contributed by atoms with E-state index in [1.165, 1.54) is 0 Å². The van der Waals surface area contributed by atoms with Gasteiger partial charge in [-0.15, -0.1) is 0 Å². The number of hydrogen-bond donors (Lipinski definition) is 1. The van der Waals surface area contributed by atoms with Gasteiger partial charge in [-0.25, -0.2) is 4.79 Å². The lowest BCUT2D eigenvalue weighted by Crippen LogP contribution is -2.41. The Labute approximate surface area is 169 Å². The molecule has 0 aliphatic carbocycles. The van der Waals surface area contributed by atoms with Crippen molar-refractivity contribution in [2.45, 2.75) is 26.3 Å². The van der Waals surface area contributed by atoms with Crippen molar-refractivity contribution in [1.82, 2.24) is 10.2 Å². The van der Waals surface area contributed by atoms with Crippen molar-refractivity contribution in [1.29, 1.82) is 0 Å². The molecule has 1 fully saturated rings. The maximum Gasteiger partial charge on any atom is 0.326 e. The molecule has 2 aromatic rings. The van der Waals surface area contributed by atoms with Gasteiger partial charge in [-0.1, -0.05) is 36.4 Å². The molecule has 1 aliphatic heterocycles. The Morgan fingerprint density at radius 1 is 1.03 bits per heavy atom. The van der Waals surface area contributed by atoms with Gasteiger partial charge in [0.1, 0.15) is 31.0 Å². The Bertz CT molecular complexity index is 908. The molecule has 1 saturated heterocycles. The van der Waals surface area contributed by atoms with Gasteiger partial charge in [0, 0.05) is 0 Å². The summed E-state index contributed by atoms with van der Waals surface area (Å²) in [6.07, 6.45) is 0. The number of benzene rings is 2. The molecule has 0 saturated carbocycles. The van der Waals surface area contributed by atoms with Crippen molar-refractivity contribution >= 4 is 17.9 Å². The number of ether oxygens (including phenoxy) is 2. The summed E-state index contributed by atoms with van der Waals surface area (Å²) < 4.78 is 10.7. The molecular formula is C22H24N2O5. The van der Waals surface area contributed by atoms with Crippen LogP contribution in [0, 0.1) is 13.8 Å². The molecule has 0 unspecified atom stereocenters. The molecule has 0 bridgehead atoms. The van der Waals surface area contributed by atoms with Gasteiger partial charge in [0.25, 0.3) is 5.91 Å². The minimum Gasteiger partial charge on any atom is -0.490 e. The molecule has 1 N–H and O–H groups in total. The van der Waals surface area contributed by atoms with E-state index in [1.807, 2.05) is 38.1 Å². The molecule has 0 aromatic heterocycles. The monoisotopic (exact) mass is 396 g/mol. The van der Waals surface area contributed by atoms with Crippen molar-refractivity contribution in [3.8, 4) is 5.75 Å². The largest absolute Gasteiger partial charge is 0.490 e. The highest BCUT2D eigenvalue weighted by Crippen LogP contribution is 2.28. The quantitative estimate of drug-likeness (QED) is 0.442. The van der Waals surface area contributed by atoms with Crippen molar-refractivity contribution in [3.63, 3.8) is 0 Å². The Balaban J connectivity index is 1.51. The van der Waals surface area contributed by atoms with Gasteiger partial charge in [-0.05, 0) is 49.6 Å². The van der Waals surface area contributed by atoms with Crippen LogP contribution in [0.5, 0.6) is 5.75 Å². The number of aryl methyl sites for hydroxylation is 2. The molecule has 1 atom stereocenters. The van der Waals surface area contributed by atoms with E-state index in [4.69, 9.17) is 9.47 Å². The molecule has 1 heterocycles. The first-order valence-corrected chi connectivity index (χ1v) is 9.36. The molecule has 29 heavy (non-hydrogen) atoms. The van der Waals surface area contributed by atoms with Crippen molar-refractivity contribution in [2.75, 3.05) is 19.8 Å². The summed E-state index contributed by atoms with van der Waals surface area (Å²) in [7, 11) is 0. The van der Waals surface area contributed by atoms with Gasteiger partial charge in [0.2, 0.25) is 0 Å². The Morgan fingerprint density at radius 3 is 2.34 bits per heavy atom. The molecular weight excluding hydrogens is 372 g/mol. The summed E-state index contributed by atoms with van der Waals surface area (Å²) in [5.41, 5.74) is 1.61. The van der Waals surface area contributed by atoms with Gasteiger partial charge >= 0.3 is 12.0 Å². The number of imide groups is 1. The maximum atomic E-state index is 12.8. The second kappa shape index (κ2) is 8.34. The van der Waals surface area contributed by atoms with Crippen molar-refractivity contribution < 1.29 is 23.9 Å². The number of nitrogens with one attached hydrogen (secondary N) is 1. The van der Waals surface area contributed by atoms with Gasteiger partial charge in [0.05, 0.1) is 0 Å².